The van der Waals surface area contributed by atoms with Crippen LogP contribution in [0.4, 0.5) is 4.79 Å². The molecule has 0 unspecified atom stereocenters. The Morgan fingerprint density at radius 1 is 0.865 bits per heavy atom. The lowest BCUT2D eigenvalue weighted by Gasteiger charge is -2.34. The SMILES string of the molecule is O=C(O)CN(Cc1ccccc1)C(=O)C1(NC(=O)OCC2c3ccccc3-c3ccccc32)CCCC1. The number of aliphatic carboxylic acids is 1. The summed E-state index contributed by atoms with van der Waals surface area (Å²) in [6.45, 7) is -0.144. The minimum absolute atomic E-state index is 0.0880. The van der Waals surface area contributed by atoms with Crippen LogP contribution in [-0.4, -0.2) is 46.7 Å². The Labute approximate surface area is 216 Å². The number of nitrogens with zero attached hydrogens (tertiary/aromatic N) is 1. The fourth-order valence-corrected chi connectivity index (χ4v) is 5.67. The molecule has 1 saturated carbocycles. The van der Waals surface area contributed by atoms with Crippen LogP contribution in [-0.2, 0) is 20.9 Å². The van der Waals surface area contributed by atoms with Crippen molar-refractivity contribution in [3.05, 3.63) is 95.6 Å². The quantitative estimate of drug-likeness (QED) is 0.458. The molecular formula is C30H30N2O5. The van der Waals surface area contributed by atoms with Crippen LogP contribution in [0.2, 0.25) is 0 Å². The third-order valence-electron chi connectivity index (χ3n) is 7.38. The Bertz CT molecular complexity index is 1250. The maximum Gasteiger partial charge on any atom is 0.408 e. The van der Waals surface area contributed by atoms with Gasteiger partial charge < -0.3 is 20.1 Å². The number of hydrogen-bond donors (Lipinski definition) is 2. The number of fused-ring (bicyclic) bond motifs is 3. The monoisotopic (exact) mass is 498 g/mol. The fourth-order valence-electron chi connectivity index (χ4n) is 5.67. The first kappa shape index (κ1) is 24.6. The van der Waals surface area contributed by atoms with Gasteiger partial charge in [-0.1, -0.05) is 91.7 Å². The van der Waals surface area contributed by atoms with E-state index in [1.807, 2.05) is 54.6 Å². The minimum atomic E-state index is -1.17. The Hall–Kier alpha value is -4.13. The highest BCUT2D eigenvalue weighted by atomic mass is 16.5. The molecule has 0 aromatic heterocycles. The first-order chi connectivity index (χ1) is 18.0. The van der Waals surface area contributed by atoms with E-state index in [2.05, 4.69) is 29.6 Å². The van der Waals surface area contributed by atoms with E-state index in [0.717, 1.165) is 40.7 Å². The highest BCUT2D eigenvalue weighted by Gasteiger charge is 2.46. The fraction of sp³-hybridized carbons (Fsp3) is 0.300. The molecule has 5 rings (SSSR count). The van der Waals surface area contributed by atoms with E-state index in [9.17, 15) is 19.5 Å². The van der Waals surface area contributed by atoms with Gasteiger partial charge in [-0.15, -0.1) is 0 Å². The maximum absolute atomic E-state index is 13.7. The van der Waals surface area contributed by atoms with Gasteiger partial charge in [-0.2, -0.15) is 0 Å². The second kappa shape index (κ2) is 10.5. The molecule has 0 aliphatic heterocycles. The lowest BCUT2D eigenvalue weighted by Crippen LogP contribution is -2.58. The van der Waals surface area contributed by atoms with Crippen molar-refractivity contribution in [2.24, 2.45) is 0 Å². The van der Waals surface area contributed by atoms with E-state index in [1.165, 1.54) is 4.90 Å². The van der Waals surface area contributed by atoms with Crippen molar-refractivity contribution in [1.82, 2.24) is 10.2 Å². The Balaban J connectivity index is 1.31. The van der Waals surface area contributed by atoms with Gasteiger partial charge in [0, 0.05) is 12.5 Å². The van der Waals surface area contributed by atoms with E-state index >= 15 is 0 Å². The number of carboxylic acid groups (broad SMARTS) is 1. The summed E-state index contributed by atoms with van der Waals surface area (Å²) >= 11 is 0. The minimum Gasteiger partial charge on any atom is -0.480 e. The zero-order valence-electron chi connectivity index (χ0n) is 20.6. The molecule has 2 aliphatic carbocycles. The summed E-state index contributed by atoms with van der Waals surface area (Å²) in [5.74, 6) is -1.57. The molecule has 37 heavy (non-hydrogen) atoms. The van der Waals surface area contributed by atoms with Crippen molar-refractivity contribution >= 4 is 18.0 Å². The number of hydrogen-bond acceptors (Lipinski definition) is 4. The summed E-state index contributed by atoms with van der Waals surface area (Å²) in [7, 11) is 0. The molecule has 0 atom stereocenters. The smallest absolute Gasteiger partial charge is 0.408 e. The van der Waals surface area contributed by atoms with Gasteiger partial charge in [-0.3, -0.25) is 9.59 Å². The average Bonchev–Trinajstić information content (AvgIpc) is 3.50. The van der Waals surface area contributed by atoms with Gasteiger partial charge in [0.05, 0.1) is 0 Å². The first-order valence-electron chi connectivity index (χ1n) is 12.7. The highest BCUT2D eigenvalue weighted by Crippen LogP contribution is 2.44. The van der Waals surface area contributed by atoms with Gasteiger partial charge in [0.2, 0.25) is 5.91 Å². The Morgan fingerprint density at radius 3 is 2.03 bits per heavy atom. The van der Waals surface area contributed by atoms with Crippen molar-refractivity contribution in [1.29, 1.82) is 0 Å². The molecule has 0 bridgehead atoms. The van der Waals surface area contributed by atoms with E-state index in [-0.39, 0.29) is 25.0 Å². The Morgan fingerprint density at radius 2 is 1.43 bits per heavy atom. The molecule has 7 heteroatoms. The molecule has 2 aliphatic rings. The predicted molar refractivity (Wildman–Crippen MR) is 139 cm³/mol. The second-order valence-corrected chi connectivity index (χ2v) is 9.78. The number of carbonyl (C=O) groups is 3. The van der Waals surface area contributed by atoms with E-state index in [0.29, 0.717) is 12.8 Å². The number of alkyl carbamates (subject to hydrolysis) is 1. The average molecular weight is 499 g/mol. The summed E-state index contributed by atoms with van der Waals surface area (Å²) in [5.41, 5.74) is 4.15. The molecule has 3 aromatic carbocycles. The van der Waals surface area contributed by atoms with Gasteiger partial charge in [0.15, 0.2) is 0 Å². The van der Waals surface area contributed by atoms with Crippen molar-refractivity contribution in [2.45, 2.75) is 43.7 Å². The van der Waals surface area contributed by atoms with Crippen LogP contribution in [0.15, 0.2) is 78.9 Å². The molecule has 3 aromatic rings. The zero-order valence-corrected chi connectivity index (χ0v) is 20.6. The van der Waals surface area contributed by atoms with Gasteiger partial charge in [0.25, 0.3) is 0 Å². The molecule has 0 saturated heterocycles. The van der Waals surface area contributed by atoms with Crippen molar-refractivity contribution in [3.63, 3.8) is 0 Å². The number of ether oxygens (including phenoxy) is 1. The molecule has 7 nitrogen and oxygen atoms in total. The second-order valence-electron chi connectivity index (χ2n) is 9.78. The molecule has 1 fully saturated rings. The number of nitrogens with one attached hydrogen (secondary N) is 1. The number of amides is 2. The summed E-state index contributed by atoms with van der Waals surface area (Å²) in [6, 6.07) is 25.5. The first-order valence-corrected chi connectivity index (χ1v) is 12.7. The molecule has 0 spiro atoms. The van der Waals surface area contributed by atoms with Crippen molar-refractivity contribution in [3.8, 4) is 11.1 Å². The van der Waals surface area contributed by atoms with E-state index in [1.54, 1.807) is 0 Å². The highest BCUT2D eigenvalue weighted by molar-refractivity contribution is 5.92. The van der Waals surface area contributed by atoms with Crippen LogP contribution in [0.25, 0.3) is 11.1 Å². The lowest BCUT2D eigenvalue weighted by atomic mass is 9.95. The number of benzene rings is 3. The van der Waals surface area contributed by atoms with E-state index in [4.69, 9.17) is 4.74 Å². The molecule has 0 heterocycles. The zero-order chi connectivity index (χ0) is 25.8. The van der Waals surface area contributed by atoms with Crippen molar-refractivity contribution in [2.75, 3.05) is 13.2 Å². The number of rotatable bonds is 8. The molecule has 2 N–H and O–H groups in total. The van der Waals surface area contributed by atoms with Gasteiger partial charge in [-0.25, -0.2) is 4.79 Å². The van der Waals surface area contributed by atoms with Gasteiger partial charge in [-0.05, 0) is 40.7 Å². The van der Waals surface area contributed by atoms with E-state index < -0.39 is 24.1 Å². The molecule has 190 valence electrons. The third-order valence-corrected chi connectivity index (χ3v) is 7.38. The summed E-state index contributed by atoms with van der Waals surface area (Å²) in [5, 5.41) is 12.3. The number of carbonyl (C=O) groups excluding carboxylic acids is 2. The normalized spacial score (nSPS) is 15.5. The largest absolute Gasteiger partial charge is 0.480 e. The van der Waals surface area contributed by atoms with Crippen LogP contribution >= 0.6 is 0 Å². The summed E-state index contributed by atoms with van der Waals surface area (Å²) in [6.07, 6.45) is 1.76. The predicted octanol–water partition coefficient (Wildman–Crippen LogP) is 4.95. The third kappa shape index (κ3) is 5.07. The topological polar surface area (TPSA) is 95.9 Å². The molecular weight excluding hydrogens is 468 g/mol. The molecule has 0 radical (unpaired) electrons. The van der Waals surface area contributed by atoms with Crippen LogP contribution < -0.4 is 5.32 Å². The number of carboxylic acids is 1. The summed E-state index contributed by atoms with van der Waals surface area (Å²) < 4.78 is 5.72. The van der Waals surface area contributed by atoms with Crippen molar-refractivity contribution < 1.29 is 24.2 Å². The standard InChI is InChI=1S/C30H30N2O5/c33-27(34)19-32(18-21-10-2-1-3-11-21)28(35)30(16-8-9-17-30)31-29(36)37-20-26-24-14-6-4-12-22(24)23-13-5-7-15-25(23)26/h1-7,10-15,26H,8-9,16-20H2,(H,31,36)(H,33,34). The van der Waals surface area contributed by atoms with Crippen LogP contribution in [0.1, 0.15) is 48.3 Å². The van der Waals surface area contributed by atoms with Gasteiger partial charge in [0.1, 0.15) is 18.7 Å². The van der Waals surface area contributed by atoms with Crippen LogP contribution in [0, 0.1) is 0 Å². The van der Waals surface area contributed by atoms with Crippen LogP contribution in [0.5, 0.6) is 0 Å². The lowest BCUT2D eigenvalue weighted by molar-refractivity contribution is -0.148. The van der Waals surface area contributed by atoms with Crippen LogP contribution in [0.3, 0.4) is 0 Å². The Kier molecular flexibility index (Phi) is 6.95. The summed E-state index contributed by atoms with van der Waals surface area (Å²) in [4.78, 5) is 39.7. The maximum atomic E-state index is 13.7. The van der Waals surface area contributed by atoms with Gasteiger partial charge >= 0.3 is 12.1 Å². The molecule has 2 amide bonds.